The summed E-state index contributed by atoms with van der Waals surface area (Å²) < 4.78 is 0. The molecule has 3 atom stereocenters. The van der Waals surface area contributed by atoms with Gasteiger partial charge in [-0.25, -0.2) is 0 Å². The molecular weight excluding hydrogens is 282 g/mol. The fourth-order valence-corrected chi connectivity index (χ4v) is 4.65. The Morgan fingerprint density at radius 2 is 1.90 bits per heavy atom. The lowest BCUT2D eigenvalue weighted by atomic mass is 9.94. The highest BCUT2D eigenvalue weighted by Gasteiger charge is 2.38. The zero-order chi connectivity index (χ0) is 15.0. The number of aromatic nitrogens is 2. The smallest absolute Gasteiger partial charge is 0.124 e. The molecule has 1 aliphatic heterocycles. The molecule has 21 heavy (non-hydrogen) atoms. The zero-order valence-electron chi connectivity index (χ0n) is 12.8. The predicted octanol–water partition coefficient (Wildman–Crippen LogP) is 1.77. The number of hydrogen-bond donors (Lipinski definition) is 3. The third-order valence-electron chi connectivity index (χ3n) is 4.79. The van der Waals surface area contributed by atoms with Crippen LogP contribution < -0.4 is 16.8 Å². The van der Waals surface area contributed by atoms with E-state index < -0.39 is 0 Å². The van der Waals surface area contributed by atoms with Crippen molar-refractivity contribution in [3.8, 4) is 0 Å². The minimum Gasteiger partial charge on any atom is -0.323 e. The molecule has 5 nitrogen and oxygen atoms in total. The molecule has 1 fully saturated rings. The molecule has 2 aliphatic rings. The van der Waals surface area contributed by atoms with E-state index in [9.17, 15) is 0 Å². The molecule has 1 saturated carbocycles. The molecule has 0 amide bonds. The monoisotopic (exact) mass is 307 g/mol. The number of fused-ring (bicyclic) bond motifs is 1. The lowest BCUT2D eigenvalue weighted by Gasteiger charge is -2.30. The molecule has 5 N–H and O–H groups in total. The Morgan fingerprint density at radius 3 is 2.62 bits per heavy atom. The highest BCUT2D eigenvalue weighted by molar-refractivity contribution is 8.00. The molecule has 3 unspecified atom stereocenters. The summed E-state index contributed by atoms with van der Waals surface area (Å²) in [5.74, 6) is 0. The van der Waals surface area contributed by atoms with E-state index in [2.05, 4.69) is 22.4 Å². The fraction of sp³-hybridized carbons (Fsp3) is 0.733. The lowest BCUT2D eigenvalue weighted by molar-refractivity contribution is 0.327. The molecule has 1 aromatic heterocycles. The molecule has 0 spiro atoms. The van der Waals surface area contributed by atoms with Crippen molar-refractivity contribution >= 4 is 11.8 Å². The van der Waals surface area contributed by atoms with Crippen LogP contribution in [0.1, 0.15) is 55.0 Å². The Labute approximate surface area is 130 Å². The summed E-state index contributed by atoms with van der Waals surface area (Å²) in [6, 6.07) is 0.476. The van der Waals surface area contributed by atoms with Gasteiger partial charge in [-0.15, -0.1) is 5.10 Å². The van der Waals surface area contributed by atoms with E-state index in [0.717, 1.165) is 21.8 Å². The van der Waals surface area contributed by atoms with Gasteiger partial charge < -0.3 is 11.5 Å². The van der Waals surface area contributed by atoms with Crippen LogP contribution in [0, 0.1) is 13.8 Å². The SMILES string of the molecule is Cc1nnc2c(c1C)C(N)C(C(N)NC1CCCCC1)S2. The van der Waals surface area contributed by atoms with Crippen molar-refractivity contribution < 1.29 is 0 Å². The first-order chi connectivity index (χ1) is 10.1. The van der Waals surface area contributed by atoms with Gasteiger partial charge in [-0.2, -0.15) is 5.10 Å². The summed E-state index contributed by atoms with van der Waals surface area (Å²) >= 11 is 1.68. The molecule has 0 aromatic carbocycles. The van der Waals surface area contributed by atoms with Crippen molar-refractivity contribution in [2.24, 2.45) is 11.5 Å². The van der Waals surface area contributed by atoms with Gasteiger partial charge in [0.05, 0.1) is 17.1 Å². The maximum Gasteiger partial charge on any atom is 0.124 e. The van der Waals surface area contributed by atoms with E-state index >= 15 is 0 Å². The van der Waals surface area contributed by atoms with Gasteiger partial charge in [-0.1, -0.05) is 31.0 Å². The number of nitrogens with two attached hydrogens (primary N) is 2. The minimum atomic E-state index is -0.0954. The zero-order valence-corrected chi connectivity index (χ0v) is 13.6. The van der Waals surface area contributed by atoms with Gasteiger partial charge in [0, 0.05) is 17.6 Å². The first-order valence-corrected chi connectivity index (χ1v) is 8.73. The van der Waals surface area contributed by atoms with Crippen molar-refractivity contribution in [2.45, 2.75) is 74.5 Å². The molecule has 1 aromatic rings. The molecule has 116 valence electrons. The maximum atomic E-state index is 6.46. The molecule has 1 aliphatic carbocycles. The Hall–Kier alpha value is -0.690. The van der Waals surface area contributed by atoms with E-state index in [1.807, 2.05) is 6.92 Å². The number of nitrogens with zero attached hydrogens (tertiary/aromatic N) is 2. The number of rotatable bonds is 3. The first-order valence-electron chi connectivity index (χ1n) is 7.85. The highest BCUT2D eigenvalue weighted by Crippen LogP contribution is 2.44. The molecule has 0 bridgehead atoms. The van der Waals surface area contributed by atoms with Crippen molar-refractivity contribution in [1.82, 2.24) is 15.5 Å². The Bertz CT molecular complexity index is 515. The third-order valence-corrected chi connectivity index (χ3v) is 6.17. The Morgan fingerprint density at radius 1 is 1.19 bits per heavy atom. The largest absolute Gasteiger partial charge is 0.323 e. The fourth-order valence-electron chi connectivity index (χ4n) is 3.38. The molecule has 3 rings (SSSR count). The summed E-state index contributed by atoms with van der Waals surface area (Å²) in [5, 5.41) is 13.2. The third kappa shape index (κ3) is 2.95. The van der Waals surface area contributed by atoms with Crippen LogP contribution in [0.15, 0.2) is 5.03 Å². The summed E-state index contributed by atoms with van der Waals surface area (Å²) in [6.07, 6.45) is 6.32. The minimum absolute atomic E-state index is 0.0645. The van der Waals surface area contributed by atoms with E-state index in [4.69, 9.17) is 11.5 Å². The van der Waals surface area contributed by atoms with E-state index in [-0.39, 0.29) is 17.5 Å². The topological polar surface area (TPSA) is 89.8 Å². The van der Waals surface area contributed by atoms with Gasteiger partial charge in [0.15, 0.2) is 0 Å². The van der Waals surface area contributed by atoms with Gasteiger partial charge in [0.2, 0.25) is 0 Å². The van der Waals surface area contributed by atoms with Gasteiger partial charge in [0.1, 0.15) is 5.03 Å². The summed E-state index contributed by atoms with van der Waals surface area (Å²) in [4.78, 5) is 0. The second kappa shape index (κ2) is 6.20. The summed E-state index contributed by atoms with van der Waals surface area (Å²) in [6.45, 7) is 4.05. The second-order valence-electron chi connectivity index (χ2n) is 6.26. The maximum absolute atomic E-state index is 6.46. The molecular formula is C15H25N5S. The molecule has 0 saturated heterocycles. The second-order valence-corrected chi connectivity index (χ2v) is 7.43. The number of hydrogen-bond acceptors (Lipinski definition) is 6. The van der Waals surface area contributed by atoms with E-state index in [0.29, 0.717) is 6.04 Å². The van der Waals surface area contributed by atoms with Crippen LogP contribution in [0.25, 0.3) is 0 Å². The van der Waals surface area contributed by atoms with Gasteiger partial charge in [-0.05, 0) is 32.3 Å². The number of thioether (sulfide) groups is 1. The van der Waals surface area contributed by atoms with Gasteiger partial charge >= 0.3 is 0 Å². The van der Waals surface area contributed by atoms with Crippen LogP contribution in [-0.4, -0.2) is 27.7 Å². The average Bonchev–Trinajstić information content (AvgIpc) is 2.82. The van der Waals surface area contributed by atoms with Crippen LogP contribution in [0.2, 0.25) is 0 Å². The summed E-state index contributed by atoms with van der Waals surface area (Å²) in [7, 11) is 0. The first kappa shape index (κ1) is 15.2. The normalized spacial score (nSPS) is 27.6. The Balaban J connectivity index is 1.71. The van der Waals surface area contributed by atoms with Crippen molar-refractivity contribution in [3.05, 3.63) is 16.8 Å². The van der Waals surface area contributed by atoms with E-state index in [1.165, 1.54) is 32.1 Å². The molecule has 0 radical (unpaired) electrons. The van der Waals surface area contributed by atoms with Crippen LogP contribution >= 0.6 is 11.8 Å². The Kier molecular flexibility index (Phi) is 4.49. The van der Waals surface area contributed by atoms with Crippen LogP contribution in [0.3, 0.4) is 0 Å². The number of nitrogens with one attached hydrogen (secondary N) is 1. The molecule has 6 heteroatoms. The lowest BCUT2D eigenvalue weighted by Crippen LogP contribution is -2.52. The average molecular weight is 307 g/mol. The standard InChI is InChI=1S/C15H25N5S/c1-8-9(2)19-20-15-11(8)12(16)13(21-15)14(17)18-10-6-4-3-5-7-10/h10,12-14,18H,3-7,16-17H2,1-2H3. The van der Waals surface area contributed by atoms with Crippen molar-refractivity contribution in [2.75, 3.05) is 0 Å². The van der Waals surface area contributed by atoms with E-state index in [1.54, 1.807) is 11.8 Å². The quantitative estimate of drug-likeness (QED) is 0.738. The van der Waals surface area contributed by atoms with Gasteiger partial charge in [-0.3, -0.25) is 5.32 Å². The molecule has 2 heterocycles. The van der Waals surface area contributed by atoms with Gasteiger partial charge in [0.25, 0.3) is 0 Å². The van der Waals surface area contributed by atoms with Crippen LogP contribution in [0.4, 0.5) is 0 Å². The van der Waals surface area contributed by atoms with Crippen molar-refractivity contribution in [3.63, 3.8) is 0 Å². The van der Waals surface area contributed by atoms with Crippen LogP contribution in [-0.2, 0) is 0 Å². The predicted molar refractivity (Wildman–Crippen MR) is 86.1 cm³/mol. The van der Waals surface area contributed by atoms with Crippen molar-refractivity contribution in [1.29, 1.82) is 0 Å². The van der Waals surface area contributed by atoms with Crippen LogP contribution in [0.5, 0.6) is 0 Å². The summed E-state index contributed by atoms with van der Waals surface area (Å²) in [5.41, 5.74) is 16.1. The number of aryl methyl sites for hydroxylation is 1. The highest BCUT2D eigenvalue weighted by atomic mass is 32.2.